The first-order chi connectivity index (χ1) is 8.32. The molecule has 0 radical (unpaired) electrons. The van der Waals surface area contributed by atoms with E-state index in [1.54, 1.807) is 13.8 Å². The van der Waals surface area contributed by atoms with Crippen LogP contribution in [-0.4, -0.2) is 31.4 Å². The van der Waals surface area contributed by atoms with Crippen LogP contribution >= 0.6 is 0 Å². The molecule has 1 saturated heterocycles. The van der Waals surface area contributed by atoms with E-state index in [-0.39, 0.29) is 11.9 Å². The molecule has 2 rings (SSSR count). The van der Waals surface area contributed by atoms with Crippen molar-refractivity contribution in [3.63, 3.8) is 0 Å². The largest absolute Gasteiger partial charge is 0.338 e. The average Bonchev–Trinajstić information content (AvgIpc) is 2.78. The van der Waals surface area contributed by atoms with E-state index in [2.05, 4.69) is 15.5 Å². The third kappa shape index (κ3) is 2.42. The van der Waals surface area contributed by atoms with Crippen LogP contribution in [0, 0.1) is 0 Å². The topological polar surface area (TPSA) is 85.1 Å². The molecule has 1 N–H and O–H groups in total. The predicted molar refractivity (Wildman–Crippen MR) is 66.8 cm³/mol. The molecular weight excluding hydrogens is 254 g/mol. The summed E-state index contributed by atoms with van der Waals surface area (Å²) in [4.78, 5) is 4.25. The van der Waals surface area contributed by atoms with Crippen molar-refractivity contribution in [1.82, 2.24) is 15.5 Å². The molecule has 0 amide bonds. The second kappa shape index (κ2) is 4.62. The van der Waals surface area contributed by atoms with Crippen LogP contribution < -0.4 is 5.32 Å². The number of sulfone groups is 1. The lowest BCUT2D eigenvalue weighted by atomic mass is 10.0. The smallest absolute Gasteiger partial charge is 0.247 e. The van der Waals surface area contributed by atoms with Crippen LogP contribution in [0.15, 0.2) is 4.52 Å². The Morgan fingerprint density at radius 3 is 2.67 bits per heavy atom. The van der Waals surface area contributed by atoms with Crippen LogP contribution in [0.25, 0.3) is 0 Å². The van der Waals surface area contributed by atoms with Crippen molar-refractivity contribution in [2.75, 3.05) is 12.8 Å². The lowest BCUT2D eigenvalue weighted by molar-refractivity contribution is 0.331. The highest BCUT2D eigenvalue weighted by Gasteiger charge is 2.38. The van der Waals surface area contributed by atoms with Gasteiger partial charge in [0.25, 0.3) is 0 Å². The zero-order chi connectivity index (χ0) is 13.4. The van der Waals surface area contributed by atoms with Gasteiger partial charge in [0.2, 0.25) is 5.89 Å². The van der Waals surface area contributed by atoms with Crippen LogP contribution in [0.3, 0.4) is 0 Å². The molecule has 0 aliphatic carbocycles. The lowest BCUT2D eigenvalue weighted by Gasteiger charge is -2.20. The molecule has 2 heterocycles. The second-order valence-electron chi connectivity index (χ2n) is 5.24. The van der Waals surface area contributed by atoms with Gasteiger partial charge in [0.15, 0.2) is 15.7 Å². The molecule has 102 valence electrons. The Hall–Kier alpha value is -0.950. The summed E-state index contributed by atoms with van der Waals surface area (Å²) in [5, 5.41) is 7.21. The van der Waals surface area contributed by atoms with Crippen molar-refractivity contribution in [1.29, 1.82) is 0 Å². The Morgan fingerprint density at radius 1 is 1.39 bits per heavy atom. The minimum absolute atomic E-state index is 0.0756. The van der Waals surface area contributed by atoms with Gasteiger partial charge < -0.3 is 9.84 Å². The van der Waals surface area contributed by atoms with Gasteiger partial charge in [0.05, 0.1) is 6.04 Å². The van der Waals surface area contributed by atoms with E-state index in [0.717, 1.165) is 25.8 Å². The molecule has 0 spiro atoms. The summed E-state index contributed by atoms with van der Waals surface area (Å²) in [6.45, 7) is 4.09. The summed E-state index contributed by atoms with van der Waals surface area (Å²) in [5.41, 5.74) is 0. The Kier molecular flexibility index (Phi) is 3.46. The average molecular weight is 273 g/mol. The van der Waals surface area contributed by atoms with Crippen molar-refractivity contribution in [3.05, 3.63) is 11.7 Å². The molecule has 1 aromatic heterocycles. The standard InChI is InChI=1S/C11H19N3O3S/c1-11(2,18(3,15)16)10-13-9(14-17-10)8-6-4-5-7-12-8/h8,12H,4-7H2,1-3H3. The summed E-state index contributed by atoms with van der Waals surface area (Å²) >= 11 is 0. The van der Waals surface area contributed by atoms with Crippen molar-refractivity contribution < 1.29 is 12.9 Å². The van der Waals surface area contributed by atoms with E-state index < -0.39 is 14.6 Å². The number of nitrogens with one attached hydrogen (secondary N) is 1. The first-order valence-corrected chi connectivity index (χ1v) is 7.98. The van der Waals surface area contributed by atoms with E-state index in [1.807, 2.05) is 0 Å². The van der Waals surface area contributed by atoms with Gasteiger partial charge in [-0.05, 0) is 33.2 Å². The zero-order valence-corrected chi connectivity index (χ0v) is 11.7. The summed E-state index contributed by atoms with van der Waals surface area (Å²) < 4.78 is 27.4. The highest BCUT2D eigenvalue weighted by molar-refractivity contribution is 7.91. The molecule has 0 bridgehead atoms. The minimum atomic E-state index is -3.29. The first kappa shape index (κ1) is 13.5. The minimum Gasteiger partial charge on any atom is -0.338 e. The van der Waals surface area contributed by atoms with E-state index >= 15 is 0 Å². The predicted octanol–water partition coefficient (Wildman–Crippen LogP) is 1.16. The third-order valence-corrected chi connectivity index (χ3v) is 5.53. The molecular formula is C11H19N3O3S. The van der Waals surface area contributed by atoms with Crippen LogP contribution in [0.5, 0.6) is 0 Å². The molecule has 1 fully saturated rings. The number of hydrogen-bond donors (Lipinski definition) is 1. The van der Waals surface area contributed by atoms with E-state index in [1.165, 1.54) is 6.26 Å². The fraction of sp³-hybridized carbons (Fsp3) is 0.818. The fourth-order valence-electron chi connectivity index (χ4n) is 1.85. The molecule has 1 aromatic rings. The molecule has 1 aliphatic heterocycles. The van der Waals surface area contributed by atoms with Crippen molar-refractivity contribution in [2.24, 2.45) is 0 Å². The van der Waals surface area contributed by atoms with Gasteiger partial charge in [-0.3, -0.25) is 0 Å². The molecule has 1 aliphatic rings. The zero-order valence-electron chi connectivity index (χ0n) is 10.9. The van der Waals surface area contributed by atoms with E-state index in [0.29, 0.717) is 5.82 Å². The van der Waals surface area contributed by atoms with Gasteiger partial charge in [0, 0.05) is 6.26 Å². The van der Waals surface area contributed by atoms with Crippen molar-refractivity contribution >= 4 is 9.84 Å². The first-order valence-electron chi connectivity index (χ1n) is 6.09. The van der Waals surface area contributed by atoms with Crippen LogP contribution in [-0.2, 0) is 14.6 Å². The van der Waals surface area contributed by atoms with Gasteiger partial charge in [-0.15, -0.1) is 0 Å². The molecule has 0 aromatic carbocycles. The molecule has 6 nitrogen and oxygen atoms in total. The lowest BCUT2D eigenvalue weighted by Crippen LogP contribution is -2.29. The van der Waals surface area contributed by atoms with Crippen LogP contribution in [0.4, 0.5) is 0 Å². The maximum absolute atomic E-state index is 11.7. The van der Waals surface area contributed by atoms with Crippen molar-refractivity contribution in [3.8, 4) is 0 Å². The molecule has 0 saturated carbocycles. The van der Waals surface area contributed by atoms with Gasteiger partial charge in [-0.1, -0.05) is 11.6 Å². The van der Waals surface area contributed by atoms with Crippen molar-refractivity contribution in [2.45, 2.75) is 43.9 Å². The monoisotopic (exact) mass is 273 g/mol. The second-order valence-corrected chi connectivity index (χ2v) is 7.81. The Bertz CT molecular complexity index is 515. The van der Waals surface area contributed by atoms with E-state index in [4.69, 9.17) is 4.52 Å². The van der Waals surface area contributed by atoms with Crippen LogP contribution in [0.2, 0.25) is 0 Å². The Labute approximate surface area is 107 Å². The maximum Gasteiger partial charge on any atom is 0.247 e. The Balaban J connectivity index is 2.25. The van der Waals surface area contributed by atoms with Gasteiger partial charge in [-0.2, -0.15) is 4.98 Å². The number of aromatic nitrogens is 2. The maximum atomic E-state index is 11.7. The molecule has 18 heavy (non-hydrogen) atoms. The third-order valence-electron chi connectivity index (χ3n) is 3.51. The normalized spacial score (nSPS) is 22.1. The molecule has 1 atom stereocenters. The SMILES string of the molecule is CC(C)(c1nc(C2CCCCN2)no1)S(C)(=O)=O. The quantitative estimate of drug-likeness (QED) is 0.889. The number of rotatable bonds is 3. The number of piperidine rings is 1. The summed E-state index contributed by atoms with van der Waals surface area (Å²) in [6, 6.07) is 0.0756. The van der Waals surface area contributed by atoms with Crippen LogP contribution in [0.1, 0.15) is 50.9 Å². The highest BCUT2D eigenvalue weighted by Crippen LogP contribution is 2.29. The Morgan fingerprint density at radius 2 is 2.11 bits per heavy atom. The summed E-state index contributed by atoms with van der Waals surface area (Å²) in [6.07, 6.45) is 4.40. The number of nitrogens with zero attached hydrogens (tertiary/aromatic N) is 2. The summed E-state index contributed by atoms with van der Waals surface area (Å²) in [5.74, 6) is 0.716. The molecule has 7 heteroatoms. The number of hydrogen-bond acceptors (Lipinski definition) is 6. The summed E-state index contributed by atoms with van der Waals surface area (Å²) in [7, 11) is -3.29. The van der Waals surface area contributed by atoms with Gasteiger partial charge >= 0.3 is 0 Å². The highest BCUT2D eigenvalue weighted by atomic mass is 32.2. The van der Waals surface area contributed by atoms with E-state index in [9.17, 15) is 8.42 Å². The molecule has 1 unspecified atom stereocenters. The van der Waals surface area contributed by atoms with Gasteiger partial charge in [-0.25, -0.2) is 8.42 Å². The van der Waals surface area contributed by atoms with Gasteiger partial charge in [0.1, 0.15) is 4.75 Å². The fourth-order valence-corrected chi connectivity index (χ4v) is 2.25.